The Morgan fingerprint density at radius 1 is 1.57 bits per heavy atom. The number of aliphatic imine (C=N–C) groups is 1. The van der Waals surface area contributed by atoms with Crippen LogP contribution in [0.3, 0.4) is 0 Å². The second kappa shape index (κ2) is 5.00. The van der Waals surface area contributed by atoms with Gasteiger partial charge in [0.15, 0.2) is 5.17 Å². The Balaban J connectivity index is 1.75. The average Bonchev–Trinajstić information content (AvgIpc) is 2.67. The van der Waals surface area contributed by atoms with Crippen LogP contribution in [-0.4, -0.2) is 48.3 Å². The number of hydrogen-bond donors (Lipinski definition) is 1. The SMILES string of the molecule is CCC1CN=C(NN2CCOCC2)S1. The summed E-state index contributed by atoms with van der Waals surface area (Å²) in [5.74, 6) is 0. The van der Waals surface area contributed by atoms with Crippen molar-refractivity contribution in [3.05, 3.63) is 0 Å². The van der Waals surface area contributed by atoms with Gasteiger partial charge in [0.1, 0.15) is 0 Å². The monoisotopic (exact) mass is 215 g/mol. The molecule has 2 aliphatic heterocycles. The molecule has 0 amide bonds. The summed E-state index contributed by atoms with van der Waals surface area (Å²) in [6.07, 6.45) is 1.20. The van der Waals surface area contributed by atoms with E-state index in [2.05, 4.69) is 22.4 Å². The third-order valence-electron chi connectivity index (χ3n) is 2.44. The maximum Gasteiger partial charge on any atom is 0.171 e. The molecule has 2 heterocycles. The topological polar surface area (TPSA) is 36.9 Å². The number of ether oxygens (including phenoxy) is 1. The van der Waals surface area contributed by atoms with Gasteiger partial charge in [0, 0.05) is 18.3 Å². The fourth-order valence-corrected chi connectivity index (χ4v) is 2.46. The smallest absolute Gasteiger partial charge is 0.171 e. The van der Waals surface area contributed by atoms with Gasteiger partial charge in [-0.1, -0.05) is 18.7 Å². The predicted molar refractivity (Wildman–Crippen MR) is 59.5 cm³/mol. The molecule has 0 aromatic rings. The highest BCUT2D eigenvalue weighted by Gasteiger charge is 2.20. The van der Waals surface area contributed by atoms with Crippen LogP contribution >= 0.6 is 11.8 Å². The van der Waals surface area contributed by atoms with E-state index in [9.17, 15) is 0 Å². The zero-order valence-corrected chi connectivity index (χ0v) is 9.35. The van der Waals surface area contributed by atoms with Gasteiger partial charge in [0.25, 0.3) is 0 Å². The standard InChI is InChI=1S/C9H17N3OS/c1-2-8-7-10-9(14-8)11-12-3-5-13-6-4-12/h8H,2-7H2,1H3,(H,10,11). The highest BCUT2D eigenvalue weighted by atomic mass is 32.2. The van der Waals surface area contributed by atoms with Gasteiger partial charge in [-0.15, -0.1) is 0 Å². The Bertz CT molecular complexity index is 216. The van der Waals surface area contributed by atoms with Crippen LogP contribution in [0, 0.1) is 0 Å². The van der Waals surface area contributed by atoms with Gasteiger partial charge in [-0.3, -0.25) is 10.4 Å². The van der Waals surface area contributed by atoms with Gasteiger partial charge in [0.2, 0.25) is 0 Å². The Morgan fingerprint density at radius 3 is 3.00 bits per heavy atom. The lowest BCUT2D eigenvalue weighted by Crippen LogP contribution is -2.47. The van der Waals surface area contributed by atoms with Gasteiger partial charge in [0.05, 0.1) is 19.8 Å². The minimum absolute atomic E-state index is 0.679. The molecule has 2 aliphatic rings. The maximum absolute atomic E-state index is 5.28. The zero-order valence-electron chi connectivity index (χ0n) is 8.53. The number of rotatable bonds is 2. The summed E-state index contributed by atoms with van der Waals surface area (Å²) in [4.78, 5) is 4.47. The highest BCUT2D eigenvalue weighted by Crippen LogP contribution is 2.22. The summed E-state index contributed by atoms with van der Waals surface area (Å²) < 4.78 is 5.28. The number of hydrazine groups is 1. The number of hydrogen-bond acceptors (Lipinski definition) is 5. The third kappa shape index (κ3) is 2.62. The van der Waals surface area contributed by atoms with Crippen molar-refractivity contribution in [2.45, 2.75) is 18.6 Å². The van der Waals surface area contributed by atoms with Crippen molar-refractivity contribution in [2.24, 2.45) is 4.99 Å². The predicted octanol–water partition coefficient (Wildman–Crippen LogP) is 0.705. The van der Waals surface area contributed by atoms with Crippen molar-refractivity contribution >= 4 is 16.9 Å². The molecule has 1 saturated heterocycles. The summed E-state index contributed by atoms with van der Waals surface area (Å²) in [6, 6.07) is 0. The van der Waals surface area contributed by atoms with Crippen molar-refractivity contribution in [2.75, 3.05) is 32.8 Å². The Labute approximate surface area is 89.1 Å². The molecule has 2 rings (SSSR count). The normalized spacial score (nSPS) is 28.9. The quantitative estimate of drug-likeness (QED) is 0.736. The molecule has 0 spiro atoms. The van der Waals surface area contributed by atoms with Crippen LogP contribution in [0.1, 0.15) is 13.3 Å². The number of nitrogens with one attached hydrogen (secondary N) is 1. The van der Waals surface area contributed by atoms with E-state index < -0.39 is 0 Å². The molecule has 14 heavy (non-hydrogen) atoms. The van der Waals surface area contributed by atoms with E-state index in [1.165, 1.54) is 6.42 Å². The van der Waals surface area contributed by atoms with Gasteiger partial charge in [-0.05, 0) is 6.42 Å². The molecule has 0 aromatic carbocycles. The van der Waals surface area contributed by atoms with Gasteiger partial charge >= 0.3 is 0 Å². The van der Waals surface area contributed by atoms with E-state index in [-0.39, 0.29) is 0 Å². The molecule has 1 unspecified atom stereocenters. The van der Waals surface area contributed by atoms with Crippen molar-refractivity contribution < 1.29 is 4.74 Å². The molecular weight excluding hydrogens is 198 g/mol. The number of thioether (sulfide) groups is 1. The minimum atomic E-state index is 0.679. The van der Waals surface area contributed by atoms with Gasteiger partial charge in [-0.2, -0.15) is 0 Å². The molecule has 1 fully saturated rings. The summed E-state index contributed by atoms with van der Waals surface area (Å²) in [7, 11) is 0. The molecule has 0 bridgehead atoms. The molecule has 1 N–H and O–H groups in total. The Hall–Kier alpha value is -0.260. The highest BCUT2D eigenvalue weighted by molar-refractivity contribution is 8.14. The van der Waals surface area contributed by atoms with Crippen molar-refractivity contribution in [1.82, 2.24) is 10.4 Å². The third-order valence-corrected chi connectivity index (χ3v) is 3.70. The maximum atomic E-state index is 5.28. The second-order valence-electron chi connectivity index (χ2n) is 3.51. The first-order chi connectivity index (χ1) is 6.88. The van der Waals surface area contributed by atoms with Crippen LogP contribution in [0.25, 0.3) is 0 Å². The van der Waals surface area contributed by atoms with Crippen molar-refractivity contribution in [1.29, 1.82) is 0 Å². The summed E-state index contributed by atoms with van der Waals surface area (Å²) in [5, 5.41) is 3.95. The summed E-state index contributed by atoms with van der Waals surface area (Å²) in [5.41, 5.74) is 3.35. The minimum Gasteiger partial charge on any atom is -0.379 e. The number of amidine groups is 1. The van der Waals surface area contributed by atoms with E-state index >= 15 is 0 Å². The lowest BCUT2D eigenvalue weighted by molar-refractivity contribution is 0.0254. The van der Waals surface area contributed by atoms with Crippen molar-refractivity contribution in [3.63, 3.8) is 0 Å². The molecule has 0 radical (unpaired) electrons. The average molecular weight is 215 g/mol. The second-order valence-corrected chi connectivity index (χ2v) is 4.79. The Morgan fingerprint density at radius 2 is 2.36 bits per heavy atom. The van der Waals surface area contributed by atoms with Crippen LogP contribution in [0.5, 0.6) is 0 Å². The van der Waals surface area contributed by atoms with Crippen LogP contribution in [0.4, 0.5) is 0 Å². The van der Waals surface area contributed by atoms with Crippen LogP contribution in [-0.2, 0) is 4.74 Å². The van der Waals surface area contributed by atoms with Crippen LogP contribution < -0.4 is 5.43 Å². The van der Waals surface area contributed by atoms with E-state index in [4.69, 9.17) is 4.74 Å². The van der Waals surface area contributed by atoms with Gasteiger partial charge < -0.3 is 4.74 Å². The van der Waals surface area contributed by atoms with E-state index in [1.54, 1.807) is 0 Å². The fourth-order valence-electron chi connectivity index (χ4n) is 1.50. The first kappa shape index (κ1) is 10.3. The summed E-state index contributed by atoms with van der Waals surface area (Å²) in [6.45, 7) is 6.73. The van der Waals surface area contributed by atoms with Gasteiger partial charge in [-0.25, -0.2) is 5.01 Å². The first-order valence-electron chi connectivity index (χ1n) is 5.19. The molecule has 0 aliphatic carbocycles. The van der Waals surface area contributed by atoms with Crippen molar-refractivity contribution in [3.8, 4) is 0 Å². The largest absolute Gasteiger partial charge is 0.379 e. The molecule has 0 aromatic heterocycles. The fraction of sp³-hybridized carbons (Fsp3) is 0.889. The van der Waals surface area contributed by atoms with E-state index in [1.807, 2.05) is 11.8 Å². The van der Waals surface area contributed by atoms with Crippen LogP contribution in [0.2, 0.25) is 0 Å². The number of morpholine rings is 1. The lowest BCUT2D eigenvalue weighted by Gasteiger charge is -2.27. The Kier molecular flexibility index (Phi) is 3.67. The molecule has 4 nitrogen and oxygen atoms in total. The zero-order chi connectivity index (χ0) is 9.80. The lowest BCUT2D eigenvalue weighted by atomic mass is 10.3. The summed E-state index contributed by atoms with van der Waals surface area (Å²) >= 11 is 1.86. The van der Waals surface area contributed by atoms with E-state index in [0.717, 1.165) is 38.0 Å². The molecule has 80 valence electrons. The number of nitrogens with zero attached hydrogens (tertiary/aromatic N) is 2. The molecule has 1 atom stereocenters. The first-order valence-corrected chi connectivity index (χ1v) is 6.07. The molecule has 0 saturated carbocycles. The molecule has 5 heteroatoms. The molecular formula is C9H17N3OS. The van der Waals surface area contributed by atoms with Crippen LogP contribution in [0.15, 0.2) is 4.99 Å². The van der Waals surface area contributed by atoms with E-state index in [0.29, 0.717) is 5.25 Å².